The molecule has 2 aliphatic heterocycles. The van der Waals surface area contributed by atoms with Gasteiger partial charge in [0.05, 0.1) is 22.4 Å². The number of piperidine rings is 1. The number of amides is 1. The number of aromatic carboxylic acids is 1. The number of halogens is 1. The second-order valence-corrected chi connectivity index (χ2v) is 14.6. The Morgan fingerprint density at radius 1 is 0.949 bits per heavy atom. The first kappa shape index (κ1) is 27.5. The Morgan fingerprint density at radius 2 is 1.56 bits per heavy atom. The number of hydrogen-bond donors (Lipinski definition) is 1. The smallest absolute Gasteiger partial charge is 0.335 e. The topological polar surface area (TPSA) is 129 Å². The van der Waals surface area contributed by atoms with Crippen LogP contribution in [0, 0.1) is 0 Å². The van der Waals surface area contributed by atoms with Crippen molar-refractivity contribution < 1.29 is 31.5 Å². The van der Waals surface area contributed by atoms with E-state index in [9.17, 15) is 31.5 Å². The third-order valence-electron chi connectivity index (χ3n) is 7.40. The summed E-state index contributed by atoms with van der Waals surface area (Å²) in [6.45, 7) is 0.317. The van der Waals surface area contributed by atoms with Gasteiger partial charge in [0, 0.05) is 29.5 Å². The van der Waals surface area contributed by atoms with Crippen LogP contribution in [0.15, 0.2) is 81.0 Å². The van der Waals surface area contributed by atoms with E-state index in [-0.39, 0.29) is 53.7 Å². The van der Waals surface area contributed by atoms with E-state index in [2.05, 4.69) is 15.9 Å². The number of benzene rings is 3. The molecule has 0 unspecified atom stereocenters. The summed E-state index contributed by atoms with van der Waals surface area (Å²) in [7, 11) is -7.91. The van der Waals surface area contributed by atoms with Crippen molar-refractivity contribution in [1.82, 2.24) is 4.31 Å². The number of sulfonamides is 1. The van der Waals surface area contributed by atoms with Crippen molar-refractivity contribution in [2.45, 2.75) is 34.6 Å². The van der Waals surface area contributed by atoms with Gasteiger partial charge in [0.15, 0.2) is 9.84 Å². The van der Waals surface area contributed by atoms with Crippen LogP contribution < -0.4 is 4.90 Å². The maximum absolute atomic E-state index is 14.0. The standard InChI is InChI=1S/C27H25BrN2O7S2/c1-38(34,35)23-4-2-3-5-24(23)39(36,37)29-14-12-27(13-15-29)21-16-20(28)10-11-22(21)30(26(27)33)17-18-6-8-19(9-7-18)25(31)32/h2-11,16H,12-15,17H2,1H3,(H,31,32). The van der Waals surface area contributed by atoms with Crippen molar-refractivity contribution in [3.8, 4) is 0 Å². The predicted octanol–water partition coefficient (Wildman–Crippen LogP) is 3.82. The second-order valence-electron chi connectivity index (χ2n) is 9.76. The molecule has 0 saturated carbocycles. The summed E-state index contributed by atoms with van der Waals surface area (Å²) in [5.41, 5.74) is 1.50. The molecule has 0 radical (unpaired) electrons. The summed E-state index contributed by atoms with van der Waals surface area (Å²) in [4.78, 5) is 26.4. The molecule has 9 nitrogen and oxygen atoms in total. The fourth-order valence-electron chi connectivity index (χ4n) is 5.40. The van der Waals surface area contributed by atoms with Crippen LogP contribution in [0.3, 0.4) is 0 Å². The van der Waals surface area contributed by atoms with Gasteiger partial charge in [0.25, 0.3) is 0 Å². The fourth-order valence-corrected chi connectivity index (χ4v) is 8.81. The monoisotopic (exact) mass is 632 g/mol. The molecule has 1 N–H and O–H groups in total. The van der Waals surface area contributed by atoms with Crippen molar-refractivity contribution in [3.05, 3.63) is 87.9 Å². The molecular formula is C27H25BrN2O7S2. The molecule has 1 saturated heterocycles. The molecule has 1 spiro atoms. The van der Waals surface area contributed by atoms with Crippen LogP contribution in [0.5, 0.6) is 0 Å². The molecule has 39 heavy (non-hydrogen) atoms. The highest BCUT2D eigenvalue weighted by atomic mass is 79.9. The van der Waals surface area contributed by atoms with Gasteiger partial charge in [-0.25, -0.2) is 21.6 Å². The fraction of sp³-hybridized carbons (Fsp3) is 0.259. The van der Waals surface area contributed by atoms with E-state index in [1.165, 1.54) is 40.7 Å². The van der Waals surface area contributed by atoms with Gasteiger partial charge in [-0.15, -0.1) is 0 Å². The zero-order valence-corrected chi connectivity index (χ0v) is 24.1. The summed E-state index contributed by atoms with van der Waals surface area (Å²) < 4.78 is 53.7. The van der Waals surface area contributed by atoms with E-state index in [0.717, 1.165) is 27.5 Å². The number of nitrogens with zero attached hydrogens (tertiary/aromatic N) is 2. The number of carbonyl (C=O) groups excluding carboxylic acids is 1. The highest BCUT2D eigenvalue weighted by molar-refractivity contribution is 9.10. The number of carboxylic acids is 1. The van der Waals surface area contributed by atoms with Crippen molar-refractivity contribution in [1.29, 1.82) is 0 Å². The molecule has 204 valence electrons. The summed E-state index contributed by atoms with van der Waals surface area (Å²) in [5.74, 6) is -1.18. The lowest BCUT2D eigenvalue weighted by Gasteiger charge is -2.38. The van der Waals surface area contributed by atoms with Crippen LogP contribution in [-0.2, 0) is 36.6 Å². The maximum Gasteiger partial charge on any atom is 0.335 e. The second kappa shape index (κ2) is 9.84. The molecule has 5 rings (SSSR count). The van der Waals surface area contributed by atoms with Crippen LogP contribution in [0.2, 0.25) is 0 Å². The van der Waals surface area contributed by atoms with Crippen LogP contribution in [0.1, 0.15) is 34.3 Å². The van der Waals surface area contributed by atoms with Crippen LogP contribution in [0.4, 0.5) is 5.69 Å². The van der Waals surface area contributed by atoms with Crippen LogP contribution >= 0.6 is 15.9 Å². The lowest BCUT2D eigenvalue weighted by molar-refractivity contribution is -0.124. The Labute approximate surface area is 235 Å². The molecule has 1 fully saturated rings. The molecule has 3 aromatic carbocycles. The number of hydrogen-bond acceptors (Lipinski definition) is 6. The van der Waals surface area contributed by atoms with Crippen molar-refractivity contribution >= 4 is 53.4 Å². The van der Waals surface area contributed by atoms with Gasteiger partial charge < -0.3 is 10.0 Å². The SMILES string of the molecule is CS(=O)(=O)c1ccccc1S(=O)(=O)N1CCC2(CC1)C(=O)N(Cc1ccc(C(=O)O)cc1)c1ccc(Br)cc12. The predicted molar refractivity (Wildman–Crippen MR) is 148 cm³/mol. The normalized spacial score (nSPS) is 17.4. The lowest BCUT2D eigenvalue weighted by atomic mass is 9.74. The number of anilines is 1. The van der Waals surface area contributed by atoms with Gasteiger partial charge in [0.1, 0.15) is 4.90 Å². The first-order valence-electron chi connectivity index (χ1n) is 12.1. The Balaban J connectivity index is 1.45. The number of carboxylic acid groups (broad SMARTS) is 1. The van der Waals surface area contributed by atoms with Gasteiger partial charge in [-0.05, 0) is 66.4 Å². The van der Waals surface area contributed by atoms with Gasteiger partial charge in [-0.3, -0.25) is 4.79 Å². The maximum atomic E-state index is 14.0. The number of sulfone groups is 1. The minimum Gasteiger partial charge on any atom is -0.478 e. The number of fused-ring (bicyclic) bond motifs is 2. The molecule has 0 bridgehead atoms. The molecule has 2 aliphatic rings. The molecule has 1 amide bonds. The van der Waals surface area contributed by atoms with Crippen LogP contribution in [-0.4, -0.2) is 57.5 Å². The third kappa shape index (κ3) is 4.79. The Bertz CT molecular complexity index is 1700. The minimum absolute atomic E-state index is 0.0409. The van der Waals surface area contributed by atoms with Gasteiger partial charge >= 0.3 is 5.97 Å². The van der Waals surface area contributed by atoms with E-state index in [0.29, 0.717) is 0 Å². The largest absolute Gasteiger partial charge is 0.478 e. The Hall–Kier alpha value is -3.06. The molecule has 12 heteroatoms. The van der Waals surface area contributed by atoms with Gasteiger partial charge in [-0.1, -0.05) is 40.2 Å². The highest BCUT2D eigenvalue weighted by Gasteiger charge is 2.53. The summed E-state index contributed by atoms with van der Waals surface area (Å²) in [6, 6.07) is 17.5. The van der Waals surface area contributed by atoms with E-state index < -0.39 is 31.2 Å². The van der Waals surface area contributed by atoms with Crippen LogP contribution in [0.25, 0.3) is 0 Å². The number of rotatable bonds is 6. The Kier molecular flexibility index (Phi) is 6.94. The highest BCUT2D eigenvalue weighted by Crippen LogP contribution is 2.50. The Morgan fingerprint density at radius 3 is 2.15 bits per heavy atom. The van der Waals surface area contributed by atoms with Gasteiger partial charge in [0.2, 0.25) is 15.9 Å². The van der Waals surface area contributed by atoms with E-state index in [1.54, 1.807) is 17.0 Å². The average molecular weight is 634 g/mol. The summed E-state index contributed by atoms with van der Waals surface area (Å²) in [5, 5.41) is 9.18. The first-order valence-corrected chi connectivity index (χ1v) is 16.2. The molecular weight excluding hydrogens is 608 g/mol. The summed E-state index contributed by atoms with van der Waals surface area (Å²) >= 11 is 3.50. The third-order valence-corrected chi connectivity index (χ3v) is 11.1. The molecule has 0 aromatic heterocycles. The van der Waals surface area contributed by atoms with Crippen molar-refractivity contribution in [2.75, 3.05) is 24.2 Å². The molecule has 2 heterocycles. The lowest BCUT2D eigenvalue weighted by Crippen LogP contribution is -2.50. The summed E-state index contributed by atoms with van der Waals surface area (Å²) in [6.07, 6.45) is 1.43. The van der Waals surface area contributed by atoms with E-state index in [4.69, 9.17) is 0 Å². The zero-order valence-electron chi connectivity index (χ0n) is 20.9. The first-order chi connectivity index (χ1) is 18.3. The quantitative estimate of drug-likeness (QED) is 0.437. The van der Waals surface area contributed by atoms with Crippen molar-refractivity contribution in [2.24, 2.45) is 0 Å². The molecule has 3 aromatic rings. The molecule has 0 aliphatic carbocycles. The van der Waals surface area contributed by atoms with Gasteiger partial charge in [-0.2, -0.15) is 4.31 Å². The van der Waals surface area contributed by atoms with E-state index in [1.807, 2.05) is 18.2 Å². The molecule has 0 atom stereocenters. The zero-order chi connectivity index (χ0) is 28.2. The van der Waals surface area contributed by atoms with Crippen molar-refractivity contribution in [3.63, 3.8) is 0 Å². The minimum atomic E-state index is -4.13. The number of carbonyl (C=O) groups is 2. The average Bonchev–Trinajstić information content (AvgIpc) is 3.11. The van der Waals surface area contributed by atoms with E-state index >= 15 is 0 Å².